The summed E-state index contributed by atoms with van der Waals surface area (Å²) in [6.07, 6.45) is 12.1. The first-order valence-corrected chi connectivity index (χ1v) is 19.7. The van der Waals surface area contributed by atoms with Gasteiger partial charge >= 0.3 is 6.09 Å². The number of methoxy groups -OCH3 is 1. The lowest BCUT2D eigenvalue weighted by Crippen LogP contribution is -2.59. The minimum Gasteiger partial charge on any atom is -0.450 e. The van der Waals surface area contributed by atoms with Crippen LogP contribution in [0.15, 0.2) is 36.9 Å². The topological polar surface area (TPSA) is 160 Å². The Balaban J connectivity index is 1.15. The van der Waals surface area contributed by atoms with Crippen molar-refractivity contribution in [1.82, 2.24) is 20.3 Å². The number of hydrogen-bond acceptors (Lipinski definition) is 8. The molecule has 1 aliphatic heterocycles. The summed E-state index contributed by atoms with van der Waals surface area (Å²) in [5.41, 5.74) is 2.07. The molecule has 0 radical (unpaired) electrons. The van der Waals surface area contributed by atoms with Crippen molar-refractivity contribution in [1.29, 1.82) is 0 Å². The summed E-state index contributed by atoms with van der Waals surface area (Å²) >= 11 is 0. The van der Waals surface area contributed by atoms with Crippen LogP contribution in [0.1, 0.15) is 88.8 Å². The minimum absolute atomic E-state index is 0.116. The molecule has 4 aliphatic rings. The molecule has 3 N–H and O–H groups in total. The molecule has 1 aromatic rings. The Hall–Kier alpha value is -3.55. The summed E-state index contributed by atoms with van der Waals surface area (Å²) in [7, 11) is -2.10. The van der Waals surface area contributed by atoms with Crippen molar-refractivity contribution in [3.63, 3.8) is 0 Å². The molecule has 0 spiro atoms. The van der Waals surface area contributed by atoms with Crippen LogP contribution in [0.5, 0.6) is 0 Å². The number of carbonyl (C=O) groups excluding carboxylic acids is 4. The van der Waals surface area contributed by atoms with Crippen LogP contribution in [0.2, 0.25) is 0 Å². The lowest BCUT2D eigenvalue weighted by Gasteiger charge is -2.35. The smallest absolute Gasteiger partial charge is 0.407 e. The third-order valence-corrected chi connectivity index (χ3v) is 12.5. The van der Waals surface area contributed by atoms with Crippen LogP contribution in [0.3, 0.4) is 0 Å². The van der Waals surface area contributed by atoms with E-state index in [1.165, 1.54) is 28.7 Å². The second kappa shape index (κ2) is 16.0. The predicted octanol–water partition coefficient (Wildman–Crippen LogP) is 3.83. The van der Waals surface area contributed by atoms with Crippen molar-refractivity contribution < 1.29 is 37.1 Å². The highest BCUT2D eigenvalue weighted by atomic mass is 32.2. The van der Waals surface area contributed by atoms with Crippen molar-refractivity contribution >= 4 is 39.8 Å². The SMILES string of the molecule is C=CC1CC1(NC(=O)C1CC(OC)CN1C(=O)C(NC(=O)OCCCCCc1cccc2c1CCC=C2)C(C)(C)C)C(=O)CNS(=O)(=O)C1CC1. The Labute approximate surface area is 302 Å². The van der Waals surface area contributed by atoms with E-state index >= 15 is 0 Å². The Morgan fingerprint density at radius 2 is 1.90 bits per heavy atom. The minimum atomic E-state index is -3.60. The molecule has 3 fully saturated rings. The fourth-order valence-electron chi connectivity index (χ4n) is 7.21. The Bertz CT molecular complexity index is 1630. The molecule has 5 rings (SSSR count). The number of aryl methyl sites for hydroxylation is 1. The van der Waals surface area contributed by atoms with Gasteiger partial charge in [0.05, 0.1) is 24.5 Å². The van der Waals surface area contributed by atoms with E-state index in [0.717, 1.165) is 32.1 Å². The monoisotopic (exact) mass is 726 g/mol. The summed E-state index contributed by atoms with van der Waals surface area (Å²) in [6, 6.07) is 4.46. The predicted molar refractivity (Wildman–Crippen MR) is 194 cm³/mol. The standard InChI is InChI=1S/C38H54N4O8S/c1-6-27-22-38(27,32(43)23-39-51(47,48)29-18-19-29)41-34(44)31-21-28(49-5)24-42(31)35(45)33(37(2,3)4)40-36(46)50-20-11-7-8-13-25-15-12-16-26-14-9-10-17-30(25)26/h6,9,12,14-16,27-29,31,33,39H,1,7-8,10-11,13,17-24H2,2-5H3,(H,40,46)(H,41,44). The Morgan fingerprint density at radius 3 is 2.57 bits per heavy atom. The van der Waals surface area contributed by atoms with E-state index in [0.29, 0.717) is 19.3 Å². The lowest BCUT2D eigenvalue weighted by atomic mass is 9.85. The first-order chi connectivity index (χ1) is 24.2. The van der Waals surface area contributed by atoms with E-state index < -0.39 is 74.7 Å². The summed E-state index contributed by atoms with van der Waals surface area (Å²) in [5.74, 6) is -1.84. The number of Topliss-reactive ketones (excluding diaryl/α,β-unsaturated/α-hetero) is 1. The molecular weight excluding hydrogens is 673 g/mol. The number of likely N-dealkylation sites (tertiary alicyclic amines) is 1. The number of hydrogen-bond donors (Lipinski definition) is 3. The highest BCUT2D eigenvalue weighted by Gasteiger charge is 2.60. The van der Waals surface area contributed by atoms with Gasteiger partial charge in [0.25, 0.3) is 0 Å². The van der Waals surface area contributed by atoms with Gasteiger partial charge in [-0.05, 0) is 79.9 Å². The number of nitrogens with one attached hydrogen (secondary N) is 3. The average molecular weight is 727 g/mol. The van der Waals surface area contributed by atoms with Crippen LogP contribution < -0.4 is 15.4 Å². The number of allylic oxidation sites excluding steroid dienone is 1. The molecule has 1 heterocycles. The van der Waals surface area contributed by atoms with Crippen molar-refractivity contribution in [3.8, 4) is 0 Å². The van der Waals surface area contributed by atoms with Crippen molar-refractivity contribution in [2.75, 3.05) is 26.8 Å². The molecule has 0 bridgehead atoms. The van der Waals surface area contributed by atoms with Gasteiger partial charge < -0.3 is 25.0 Å². The van der Waals surface area contributed by atoms with Gasteiger partial charge in [0.15, 0.2) is 5.78 Å². The quantitative estimate of drug-likeness (QED) is 0.161. The van der Waals surface area contributed by atoms with Gasteiger partial charge in [-0.3, -0.25) is 14.4 Å². The Kier molecular flexibility index (Phi) is 12.1. The molecule has 51 heavy (non-hydrogen) atoms. The number of alkyl carbamates (subject to hydrolysis) is 1. The molecule has 13 heteroatoms. The summed E-state index contributed by atoms with van der Waals surface area (Å²) in [5, 5.41) is 5.12. The number of ether oxygens (including phenoxy) is 2. The maximum absolute atomic E-state index is 14.1. The maximum Gasteiger partial charge on any atom is 0.407 e. The van der Waals surface area contributed by atoms with Crippen LogP contribution >= 0.6 is 0 Å². The number of sulfonamides is 1. The lowest BCUT2D eigenvalue weighted by molar-refractivity contribution is -0.142. The molecule has 12 nitrogen and oxygen atoms in total. The summed E-state index contributed by atoms with van der Waals surface area (Å²) in [4.78, 5) is 55.7. The van der Waals surface area contributed by atoms with Crippen molar-refractivity contribution in [2.24, 2.45) is 11.3 Å². The molecule has 2 saturated carbocycles. The zero-order chi connectivity index (χ0) is 37.0. The van der Waals surface area contributed by atoms with Gasteiger partial charge in [0, 0.05) is 26.0 Å². The molecule has 280 valence electrons. The van der Waals surface area contributed by atoms with Gasteiger partial charge in [0.2, 0.25) is 21.8 Å². The van der Waals surface area contributed by atoms with Gasteiger partial charge in [-0.2, -0.15) is 0 Å². The van der Waals surface area contributed by atoms with Gasteiger partial charge in [-0.15, -0.1) is 6.58 Å². The molecule has 1 aromatic carbocycles. The van der Waals surface area contributed by atoms with Crippen LogP contribution in [0.25, 0.3) is 6.08 Å². The highest BCUT2D eigenvalue weighted by molar-refractivity contribution is 7.90. The van der Waals surface area contributed by atoms with E-state index in [4.69, 9.17) is 9.47 Å². The first-order valence-electron chi connectivity index (χ1n) is 18.2. The van der Waals surface area contributed by atoms with Crippen LogP contribution in [0.4, 0.5) is 4.79 Å². The number of amides is 3. The normalized spacial score (nSPS) is 24.7. The van der Waals surface area contributed by atoms with Crippen LogP contribution in [-0.4, -0.2) is 92.8 Å². The number of benzene rings is 1. The molecule has 1 saturated heterocycles. The number of unbranched alkanes of at least 4 members (excludes halogenated alkanes) is 2. The summed E-state index contributed by atoms with van der Waals surface area (Å²) in [6.45, 7) is 9.13. The van der Waals surface area contributed by atoms with E-state index in [9.17, 15) is 27.6 Å². The molecular formula is C38H54N4O8S. The van der Waals surface area contributed by atoms with E-state index in [-0.39, 0.29) is 31.9 Å². The zero-order valence-electron chi connectivity index (χ0n) is 30.4. The molecule has 5 unspecified atom stereocenters. The zero-order valence-corrected chi connectivity index (χ0v) is 31.2. The second-order valence-corrected chi connectivity index (χ2v) is 17.5. The largest absolute Gasteiger partial charge is 0.450 e. The number of ketones is 1. The van der Waals surface area contributed by atoms with Crippen LogP contribution in [0, 0.1) is 11.3 Å². The molecule has 3 aliphatic carbocycles. The third kappa shape index (κ3) is 9.28. The van der Waals surface area contributed by atoms with E-state index in [2.05, 4.69) is 52.3 Å². The average Bonchev–Trinajstić information content (AvgIpc) is 4.03. The third-order valence-electron chi connectivity index (χ3n) is 10.6. The number of nitrogens with zero attached hydrogens (tertiary/aromatic N) is 1. The summed E-state index contributed by atoms with van der Waals surface area (Å²) < 4.78 is 38.1. The van der Waals surface area contributed by atoms with Gasteiger partial charge in [-0.1, -0.05) is 57.2 Å². The van der Waals surface area contributed by atoms with Crippen LogP contribution in [-0.2, 0) is 46.7 Å². The molecule has 3 amide bonds. The first kappa shape index (κ1) is 38.7. The number of carbonyl (C=O) groups is 4. The Morgan fingerprint density at radius 1 is 1.14 bits per heavy atom. The fourth-order valence-corrected chi connectivity index (χ4v) is 8.54. The number of rotatable bonds is 17. The van der Waals surface area contributed by atoms with E-state index in [1.807, 2.05) is 20.8 Å². The maximum atomic E-state index is 14.1. The van der Waals surface area contributed by atoms with Crippen molar-refractivity contribution in [3.05, 3.63) is 53.6 Å². The van der Waals surface area contributed by atoms with Gasteiger partial charge in [0.1, 0.15) is 17.6 Å². The highest BCUT2D eigenvalue weighted by Crippen LogP contribution is 2.45. The van der Waals surface area contributed by atoms with Crippen molar-refractivity contribution in [2.45, 2.75) is 114 Å². The molecule has 0 aromatic heterocycles. The molecule has 5 atom stereocenters. The fraction of sp³-hybridized carbons (Fsp3) is 0.632. The van der Waals surface area contributed by atoms with E-state index in [1.54, 1.807) is 6.08 Å². The second-order valence-electron chi connectivity index (χ2n) is 15.4. The van der Waals surface area contributed by atoms with Gasteiger partial charge in [-0.25, -0.2) is 17.9 Å². The number of fused-ring (bicyclic) bond motifs is 1.